The highest BCUT2D eigenvalue weighted by atomic mass is 16.5. The molecule has 2 N–H and O–H groups in total. The first kappa shape index (κ1) is 18.3. The largest absolute Gasteiger partial charge is 0.444 e. The van der Waals surface area contributed by atoms with Gasteiger partial charge in [0.15, 0.2) is 5.78 Å². The van der Waals surface area contributed by atoms with Crippen molar-refractivity contribution in [2.24, 2.45) is 11.1 Å². The molecule has 3 rings (SSSR count). The fourth-order valence-electron chi connectivity index (χ4n) is 3.79. The molecule has 0 amide bonds. The number of hydrogen-bond donors (Lipinski definition) is 1. The van der Waals surface area contributed by atoms with Crippen LogP contribution in [-0.4, -0.2) is 5.78 Å². The highest BCUT2D eigenvalue weighted by molar-refractivity contribution is 6.00. The van der Waals surface area contributed by atoms with Gasteiger partial charge in [-0.25, -0.2) is 0 Å². The summed E-state index contributed by atoms with van der Waals surface area (Å²) < 4.78 is 5.72. The van der Waals surface area contributed by atoms with Crippen LogP contribution in [0.25, 0.3) is 0 Å². The Morgan fingerprint density at radius 2 is 1.81 bits per heavy atom. The van der Waals surface area contributed by atoms with Gasteiger partial charge >= 0.3 is 0 Å². The molecule has 0 radical (unpaired) electrons. The number of rotatable bonds is 1. The van der Waals surface area contributed by atoms with Gasteiger partial charge < -0.3 is 10.5 Å². The summed E-state index contributed by atoms with van der Waals surface area (Å²) in [5, 5.41) is 9.65. The monoisotopic (exact) mass is 350 g/mol. The van der Waals surface area contributed by atoms with Crippen LogP contribution in [0.2, 0.25) is 0 Å². The summed E-state index contributed by atoms with van der Waals surface area (Å²) >= 11 is 0. The van der Waals surface area contributed by atoms with Gasteiger partial charge in [-0.15, -0.1) is 0 Å². The van der Waals surface area contributed by atoms with E-state index in [2.05, 4.69) is 39.0 Å². The molecule has 0 aromatic heterocycles. The number of ether oxygens (including phenoxy) is 1. The molecule has 4 heteroatoms. The standard InChI is InChI=1S/C22H26N2O2/c1-21(2,3)14-8-6-13(7-9-14)18-15(12-23)20(24)26-17-11-22(4,5)10-16(25)19(17)18/h6-9,18H,10-11,24H2,1-5H3/t18-/m1/s1. The van der Waals surface area contributed by atoms with Crippen LogP contribution in [0.1, 0.15) is 64.5 Å². The normalized spacial score (nSPS) is 22.6. The van der Waals surface area contributed by atoms with Crippen LogP contribution in [0.3, 0.4) is 0 Å². The molecule has 4 nitrogen and oxygen atoms in total. The first-order valence-corrected chi connectivity index (χ1v) is 8.98. The quantitative estimate of drug-likeness (QED) is 0.812. The summed E-state index contributed by atoms with van der Waals surface area (Å²) in [4.78, 5) is 12.9. The van der Waals surface area contributed by atoms with Crippen molar-refractivity contribution >= 4 is 5.78 Å². The third kappa shape index (κ3) is 3.14. The number of ketones is 1. The summed E-state index contributed by atoms with van der Waals surface area (Å²) in [6.45, 7) is 10.6. The van der Waals surface area contributed by atoms with Crippen LogP contribution in [0.4, 0.5) is 0 Å². The molecule has 26 heavy (non-hydrogen) atoms. The number of carbonyl (C=O) groups excluding carboxylic acids is 1. The summed E-state index contributed by atoms with van der Waals surface area (Å²) in [7, 11) is 0. The van der Waals surface area contributed by atoms with Crippen molar-refractivity contribution in [2.75, 3.05) is 0 Å². The van der Waals surface area contributed by atoms with E-state index < -0.39 is 5.92 Å². The maximum atomic E-state index is 12.9. The van der Waals surface area contributed by atoms with Gasteiger partial charge in [0.05, 0.1) is 5.92 Å². The predicted octanol–water partition coefficient (Wildman–Crippen LogP) is 4.43. The maximum absolute atomic E-state index is 12.9. The number of hydrogen-bond acceptors (Lipinski definition) is 4. The second kappa shape index (κ2) is 6.02. The molecule has 0 saturated carbocycles. The summed E-state index contributed by atoms with van der Waals surface area (Å²) in [5.41, 5.74) is 8.94. The minimum Gasteiger partial charge on any atom is -0.444 e. The fourth-order valence-corrected chi connectivity index (χ4v) is 3.79. The highest BCUT2D eigenvalue weighted by Crippen LogP contribution is 2.47. The van der Waals surface area contributed by atoms with Crippen LogP contribution in [0.15, 0.2) is 47.1 Å². The molecule has 0 fully saturated rings. The Hall–Kier alpha value is -2.54. The van der Waals surface area contributed by atoms with Crippen molar-refractivity contribution in [2.45, 2.75) is 58.8 Å². The zero-order chi connectivity index (χ0) is 19.3. The lowest BCUT2D eigenvalue weighted by molar-refractivity contribution is -0.119. The lowest BCUT2D eigenvalue weighted by Crippen LogP contribution is -2.33. The number of nitrogens with two attached hydrogens (primary N) is 1. The number of nitrogens with zero attached hydrogens (tertiary/aromatic N) is 1. The lowest BCUT2D eigenvalue weighted by Gasteiger charge is -2.37. The first-order valence-electron chi connectivity index (χ1n) is 8.98. The van der Waals surface area contributed by atoms with E-state index in [1.54, 1.807) is 0 Å². The minimum atomic E-state index is -0.443. The zero-order valence-corrected chi connectivity index (χ0v) is 16.1. The van der Waals surface area contributed by atoms with Gasteiger partial charge in [-0.2, -0.15) is 5.26 Å². The molecule has 0 saturated heterocycles. The molecular weight excluding hydrogens is 324 g/mol. The SMILES string of the molecule is CC1(C)CC(=O)C2=C(C1)OC(N)=C(C#N)[C@H]2c1ccc(C(C)(C)C)cc1. The van der Waals surface area contributed by atoms with E-state index in [1.807, 2.05) is 26.0 Å². The van der Waals surface area contributed by atoms with E-state index in [4.69, 9.17) is 10.5 Å². The molecule has 136 valence electrons. The lowest BCUT2D eigenvalue weighted by atomic mass is 9.70. The van der Waals surface area contributed by atoms with E-state index >= 15 is 0 Å². The Kier molecular flexibility index (Phi) is 4.23. The zero-order valence-electron chi connectivity index (χ0n) is 16.1. The van der Waals surface area contributed by atoms with Crippen molar-refractivity contribution in [3.8, 4) is 6.07 Å². The number of nitriles is 1. The summed E-state index contributed by atoms with van der Waals surface area (Å²) in [6, 6.07) is 10.3. The van der Waals surface area contributed by atoms with E-state index in [9.17, 15) is 10.1 Å². The third-order valence-electron chi connectivity index (χ3n) is 5.19. The number of benzene rings is 1. The van der Waals surface area contributed by atoms with Gasteiger partial charge in [-0.05, 0) is 22.0 Å². The van der Waals surface area contributed by atoms with Crippen LogP contribution < -0.4 is 5.73 Å². The highest BCUT2D eigenvalue weighted by Gasteiger charge is 2.42. The summed E-state index contributed by atoms with van der Waals surface area (Å²) in [6.07, 6.45) is 1.09. The minimum absolute atomic E-state index is 0.0379. The molecule has 2 aliphatic rings. The van der Waals surface area contributed by atoms with Crippen LogP contribution in [0, 0.1) is 16.7 Å². The van der Waals surface area contributed by atoms with Crippen LogP contribution in [-0.2, 0) is 14.9 Å². The second-order valence-corrected chi connectivity index (χ2v) is 9.07. The Morgan fingerprint density at radius 3 is 2.35 bits per heavy atom. The molecule has 1 aromatic carbocycles. The molecule has 0 bridgehead atoms. The molecule has 0 unspecified atom stereocenters. The number of Topliss-reactive ketones (excluding diaryl/α,β-unsaturated/α-hetero) is 1. The molecule has 1 aliphatic heterocycles. The van der Waals surface area contributed by atoms with Gasteiger partial charge in [0.25, 0.3) is 0 Å². The molecule has 1 aromatic rings. The number of carbonyl (C=O) groups is 1. The molecular formula is C22H26N2O2. The maximum Gasteiger partial charge on any atom is 0.205 e. The molecule has 1 aliphatic carbocycles. The smallest absolute Gasteiger partial charge is 0.205 e. The van der Waals surface area contributed by atoms with E-state index in [0.717, 1.165) is 5.56 Å². The Balaban J connectivity index is 2.12. The van der Waals surface area contributed by atoms with Gasteiger partial charge in [0.2, 0.25) is 5.88 Å². The van der Waals surface area contributed by atoms with Crippen molar-refractivity contribution in [3.05, 3.63) is 58.2 Å². The molecule has 0 spiro atoms. The van der Waals surface area contributed by atoms with Crippen molar-refractivity contribution in [1.82, 2.24) is 0 Å². The van der Waals surface area contributed by atoms with Gasteiger partial charge in [-0.3, -0.25) is 4.79 Å². The Bertz CT molecular complexity index is 859. The summed E-state index contributed by atoms with van der Waals surface area (Å²) in [5.74, 6) is 0.331. The average Bonchev–Trinajstić information content (AvgIpc) is 2.51. The number of allylic oxidation sites excluding steroid dienone is 3. The molecule has 1 heterocycles. The van der Waals surface area contributed by atoms with E-state index in [-0.39, 0.29) is 22.5 Å². The fraction of sp³-hybridized carbons (Fsp3) is 0.455. The molecule has 1 atom stereocenters. The average molecular weight is 350 g/mol. The first-order chi connectivity index (χ1) is 12.0. The second-order valence-electron chi connectivity index (χ2n) is 9.07. The van der Waals surface area contributed by atoms with Crippen molar-refractivity contribution < 1.29 is 9.53 Å². The van der Waals surface area contributed by atoms with Gasteiger partial charge in [-0.1, -0.05) is 58.9 Å². The Morgan fingerprint density at radius 1 is 1.19 bits per heavy atom. The Labute approximate surface area is 155 Å². The van der Waals surface area contributed by atoms with Crippen molar-refractivity contribution in [3.63, 3.8) is 0 Å². The van der Waals surface area contributed by atoms with E-state index in [1.165, 1.54) is 5.56 Å². The van der Waals surface area contributed by atoms with Gasteiger partial charge in [0.1, 0.15) is 17.4 Å². The van der Waals surface area contributed by atoms with Gasteiger partial charge in [0, 0.05) is 18.4 Å². The van der Waals surface area contributed by atoms with E-state index in [0.29, 0.717) is 29.7 Å². The van der Waals surface area contributed by atoms with Crippen LogP contribution >= 0.6 is 0 Å². The third-order valence-corrected chi connectivity index (χ3v) is 5.19. The van der Waals surface area contributed by atoms with Crippen molar-refractivity contribution in [1.29, 1.82) is 5.26 Å². The van der Waals surface area contributed by atoms with Crippen LogP contribution in [0.5, 0.6) is 0 Å². The topological polar surface area (TPSA) is 76.1 Å². The predicted molar refractivity (Wildman–Crippen MR) is 101 cm³/mol.